The van der Waals surface area contributed by atoms with E-state index in [2.05, 4.69) is 47.2 Å². The first-order valence-corrected chi connectivity index (χ1v) is 8.13. The highest BCUT2D eigenvalue weighted by atomic mass is 32.1. The van der Waals surface area contributed by atoms with Crippen LogP contribution in [-0.2, 0) is 6.54 Å². The summed E-state index contributed by atoms with van der Waals surface area (Å²) < 4.78 is 0. The first-order valence-electron chi connectivity index (χ1n) is 7.25. The molecule has 2 heterocycles. The molecule has 1 atom stereocenters. The Hall–Kier alpha value is -0.860. The van der Waals surface area contributed by atoms with Crippen LogP contribution in [0.1, 0.15) is 29.7 Å². The lowest BCUT2D eigenvalue weighted by molar-refractivity contribution is 0.128. The van der Waals surface area contributed by atoms with Gasteiger partial charge in [0.15, 0.2) is 0 Å². The molecule has 1 unspecified atom stereocenters. The Balaban J connectivity index is 1.96. The molecule has 1 N–H and O–H groups in total. The number of likely N-dealkylation sites (tertiary alicyclic amines) is 1. The van der Waals surface area contributed by atoms with Gasteiger partial charge < -0.3 is 10.0 Å². The molecule has 0 aliphatic carbocycles. The van der Waals surface area contributed by atoms with Gasteiger partial charge in [0.1, 0.15) is 0 Å². The van der Waals surface area contributed by atoms with Crippen LogP contribution in [0.3, 0.4) is 0 Å². The van der Waals surface area contributed by atoms with Crippen molar-refractivity contribution in [2.45, 2.75) is 31.8 Å². The van der Waals surface area contributed by atoms with Gasteiger partial charge in [-0.25, -0.2) is 0 Å². The number of aliphatic hydroxyl groups is 1. The minimum Gasteiger partial charge on any atom is -0.395 e. The molecule has 2 rings (SSSR count). The van der Waals surface area contributed by atoms with Gasteiger partial charge in [-0.2, -0.15) is 0 Å². The third kappa shape index (κ3) is 4.32. The lowest BCUT2D eigenvalue weighted by atomic mass is 10.0. The smallest absolute Gasteiger partial charge is 0.0540 e. The predicted octanol–water partition coefficient (Wildman–Crippen LogP) is 2.01. The zero-order valence-electron chi connectivity index (χ0n) is 12.4. The SMILES string of the molecule is CN(C)C1CCCN(Cc2sccc2C#CCCO)C1. The maximum atomic E-state index is 8.79. The largest absolute Gasteiger partial charge is 0.395 e. The Bertz CT molecular complexity index is 472. The van der Waals surface area contributed by atoms with Crippen LogP contribution >= 0.6 is 11.3 Å². The van der Waals surface area contributed by atoms with E-state index in [9.17, 15) is 0 Å². The summed E-state index contributed by atoms with van der Waals surface area (Å²) in [5, 5.41) is 10.9. The molecular weight excluding hydrogens is 268 g/mol. The van der Waals surface area contributed by atoms with Crippen LogP contribution in [0, 0.1) is 11.8 Å². The van der Waals surface area contributed by atoms with Crippen molar-refractivity contribution in [1.82, 2.24) is 9.80 Å². The average Bonchev–Trinajstić information content (AvgIpc) is 2.87. The lowest BCUT2D eigenvalue weighted by Gasteiger charge is -2.36. The van der Waals surface area contributed by atoms with E-state index in [1.807, 2.05) is 0 Å². The normalized spacial score (nSPS) is 19.9. The second kappa shape index (κ2) is 7.80. The molecule has 0 amide bonds. The molecule has 0 aromatic carbocycles. The van der Waals surface area contributed by atoms with Crippen LogP contribution < -0.4 is 0 Å². The molecule has 1 aliphatic rings. The summed E-state index contributed by atoms with van der Waals surface area (Å²) in [7, 11) is 4.34. The van der Waals surface area contributed by atoms with Crippen molar-refractivity contribution in [3.63, 3.8) is 0 Å². The van der Waals surface area contributed by atoms with Crippen LogP contribution in [0.4, 0.5) is 0 Å². The third-order valence-corrected chi connectivity index (χ3v) is 4.69. The molecule has 1 saturated heterocycles. The van der Waals surface area contributed by atoms with Gasteiger partial charge in [0.2, 0.25) is 0 Å². The Labute approximate surface area is 126 Å². The van der Waals surface area contributed by atoms with Gasteiger partial charge in [-0.3, -0.25) is 4.90 Å². The standard InChI is InChI=1S/C16H24N2OS/c1-17(2)15-7-5-9-18(12-15)13-16-14(8-11-20-16)6-3-4-10-19/h8,11,15,19H,4-5,7,9-10,12-13H2,1-2H3. The van der Waals surface area contributed by atoms with Gasteiger partial charge in [-0.1, -0.05) is 11.8 Å². The van der Waals surface area contributed by atoms with Gasteiger partial charge in [0.25, 0.3) is 0 Å². The highest BCUT2D eigenvalue weighted by Gasteiger charge is 2.22. The highest BCUT2D eigenvalue weighted by Crippen LogP contribution is 2.21. The van der Waals surface area contributed by atoms with E-state index in [0.717, 1.165) is 18.7 Å². The summed E-state index contributed by atoms with van der Waals surface area (Å²) in [6.07, 6.45) is 3.14. The van der Waals surface area contributed by atoms with Crippen LogP contribution in [-0.4, -0.2) is 54.7 Å². The molecule has 1 fully saturated rings. The minimum absolute atomic E-state index is 0.142. The number of piperidine rings is 1. The van der Waals surface area contributed by atoms with Gasteiger partial charge in [0.05, 0.1) is 6.61 Å². The summed E-state index contributed by atoms with van der Waals surface area (Å²) in [5.41, 5.74) is 1.13. The Kier molecular flexibility index (Phi) is 6.06. The Morgan fingerprint density at radius 3 is 3.10 bits per heavy atom. The maximum absolute atomic E-state index is 8.79. The molecule has 0 bridgehead atoms. The number of rotatable bonds is 4. The molecule has 1 aromatic rings. The van der Waals surface area contributed by atoms with Gasteiger partial charge >= 0.3 is 0 Å². The van der Waals surface area contributed by atoms with Crippen LogP contribution in [0.25, 0.3) is 0 Å². The van der Waals surface area contributed by atoms with E-state index in [0.29, 0.717) is 12.5 Å². The van der Waals surface area contributed by atoms with E-state index in [4.69, 9.17) is 5.11 Å². The Morgan fingerprint density at radius 1 is 1.50 bits per heavy atom. The lowest BCUT2D eigenvalue weighted by Crippen LogP contribution is -2.44. The zero-order chi connectivity index (χ0) is 14.4. The zero-order valence-corrected chi connectivity index (χ0v) is 13.2. The van der Waals surface area contributed by atoms with Crippen LogP contribution in [0.15, 0.2) is 11.4 Å². The molecule has 110 valence electrons. The molecule has 0 spiro atoms. The van der Waals surface area contributed by atoms with Gasteiger partial charge in [0, 0.05) is 36.0 Å². The number of likely N-dealkylation sites (N-methyl/N-ethyl adjacent to an activating group) is 1. The summed E-state index contributed by atoms with van der Waals surface area (Å²) >= 11 is 1.79. The first-order chi connectivity index (χ1) is 9.70. The number of hydrogen-bond acceptors (Lipinski definition) is 4. The molecule has 0 radical (unpaired) electrons. The van der Waals surface area contributed by atoms with Gasteiger partial charge in [-0.05, 0) is 44.9 Å². The molecular formula is C16H24N2OS. The fraction of sp³-hybridized carbons (Fsp3) is 0.625. The fourth-order valence-electron chi connectivity index (χ4n) is 2.59. The number of nitrogens with zero attached hydrogens (tertiary/aromatic N) is 2. The second-order valence-corrected chi connectivity index (χ2v) is 6.53. The summed E-state index contributed by atoms with van der Waals surface area (Å²) in [6, 6.07) is 2.77. The second-order valence-electron chi connectivity index (χ2n) is 5.53. The van der Waals surface area contributed by atoms with Crippen molar-refractivity contribution in [3.8, 4) is 11.8 Å². The number of aliphatic hydroxyl groups excluding tert-OH is 1. The highest BCUT2D eigenvalue weighted by molar-refractivity contribution is 7.10. The van der Waals surface area contributed by atoms with E-state index in [1.54, 1.807) is 11.3 Å². The Morgan fingerprint density at radius 2 is 2.35 bits per heavy atom. The number of hydrogen-bond donors (Lipinski definition) is 1. The van der Waals surface area contributed by atoms with Crippen LogP contribution in [0.2, 0.25) is 0 Å². The first kappa shape index (κ1) is 15.5. The molecule has 3 nitrogen and oxygen atoms in total. The molecule has 0 saturated carbocycles. The quantitative estimate of drug-likeness (QED) is 0.860. The average molecular weight is 292 g/mol. The van der Waals surface area contributed by atoms with Crippen molar-refractivity contribution in [1.29, 1.82) is 0 Å². The van der Waals surface area contributed by atoms with E-state index in [-0.39, 0.29) is 6.61 Å². The summed E-state index contributed by atoms with van der Waals surface area (Å²) in [4.78, 5) is 6.23. The van der Waals surface area contributed by atoms with E-state index < -0.39 is 0 Å². The molecule has 20 heavy (non-hydrogen) atoms. The minimum atomic E-state index is 0.142. The van der Waals surface area contributed by atoms with Crippen molar-refractivity contribution in [3.05, 3.63) is 21.9 Å². The van der Waals surface area contributed by atoms with Crippen molar-refractivity contribution in [2.75, 3.05) is 33.8 Å². The summed E-state index contributed by atoms with van der Waals surface area (Å²) in [5.74, 6) is 6.20. The van der Waals surface area contributed by atoms with Crippen LogP contribution in [0.5, 0.6) is 0 Å². The van der Waals surface area contributed by atoms with Crippen molar-refractivity contribution < 1.29 is 5.11 Å². The van der Waals surface area contributed by atoms with Crippen molar-refractivity contribution in [2.24, 2.45) is 0 Å². The topological polar surface area (TPSA) is 26.7 Å². The third-order valence-electron chi connectivity index (χ3n) is 3.78. The monoisotopic (exact) mass is 292 g/mol. The fourth-order valence-corrected chi connectivity index (χ4v) is 3.46. The van der Waals surface area contributed by atoms with E-state index >= 15 is 0 Å². The van der Waals surface area contributed by atoms with E-state index in [1.165, 1.54) is 24.3 Å². The summed E-state index contributed by atoms with van der Waals surface area (Å²) in [6.45, 7) is 3.48. The number of thiophene rings is 1. The van der Waals surface area contributed by atoms with Gasteiger partial charge in [-0.15, -0.1) is 11.3 Å². The molecule has 4 heteroatoms. The predicted molar refractivity (Wildman–Crippen MR) is 84.9 cm³/mol. The molecule has 1 aliphatic heterocycles. The molecule has 1 aromatic heterocycles. The van der Waals surface area contributed by atoms with Crippen molar-refractivity contribution >= 4 is 11.3 Å². The maximum Gasteiger partial charge on any atom is 0.0540 e.